The van der Waals surface area contributed by atoms with E-state index in [4.69, 9.17) is 5.11 Å². The SMILES string of the molecule is O=C(Cc1ccc(F)cc1)Nc1cccc(C(=O)O)c1O. The van der Waals surface area contributed by atoms with Crippen molar-refractivity contribution in [2.75, 3.05) is 5.32 Å². The van der Waals surface area contributed by atoms with E-state index in [1.165, 1.54) is 42.5 Å². The van der Waals surface area contributed by atoms with Crippen molar-refractivity contribution in [3.63, 3.8) is 0 Å². The van der Waals surface area contributed by atoms with E-state index in [1.54, 1.807) is 0 Å². The third kappa shape index (κ3) is 3.56. The summed E-state index contributed by atoms with van der Waals surface area (Å²) in [5.74, 6) is -2.63. The lowest BCUT2D eigenvalue weighted by molar-refractivity contribution is -0.115. The quantitative estimate of drug-likeness (QED) is 0.754. The second kappa shape index (κ2) is 6.04. The Kier molecular flexibility index (Phi) is 4.18. The highest BCUT2D eigenvalue weighted by Gasteiger charge is 2.14. The van der Waals surface area contributed by atoms with E-state index >= 15 is 0 Å². The van der Waals surface area contributed by atoms with Crippen molar-refractivity contribution in [3.05, 3.63) is 59.4 Å². The van der Waals surface area contributed by atoms with E-state index in [-0.39, 0.29) is 17.7 Å². The first-order chi connectivity index (χ1) is 9.97. The number of para-hydroxylation sites is 1. The smallest absolute Gasteiger partial charge is 0.339 e. The van der Waals surface area contributed by atoms with Crippen molar-refractivity contribution in [1.82, 2.24) is 0 Å². The van der Waals surface area contributed by atoms with Crippen molar-refractivity contribution in [2.24, 2.45) is 0 Å². The first-order valence-electron chi connectivity index (χ1n) is 6.07. The summed E-state index contributed by atoms with van der Waals surface area (Å²) in [4.78, 5) is 22.7. The Balaban J connectivity index is 2.11. The van der Waals surface area contributed by atoms with Crippen LogP contribution in [0.4, 0.5) is 10.1 Å². The molecule has 0 aliphatic rings. The lowest BCUT2D eigenvalue weighted by Crippen LogP contribution is -2.15. The highest BCUT2D eigenvalue weighted by Crippen LogP contribution is 2.27. The first-order valence-corrected chi connectivity index (χ1v) is 6.07. The molecule has 0 heterocycles. The zero-order valence-electron chi connectivity index (χ0n) is 10.8. The van der Waals surface area contributed by atoms with Crippen molar-refractivity contribution >= 4 is 17.6 Å². The maximum atomic E-state index is 12.8. The van der Waals surface area contributed by atoms with Gasteiger partial charge in [-0.05, 0) is 29.8 Å². The minimum atomic E-state index is -1.29. The van der Waals surface area contributed by atoms with Gasteiger partial charge in [0.15, 0.2) is 5.75 Å². The topological polar surface area (TPSA) is 86.6 Å². The van der Waals surface area contributed by atoms with Crippen molar-refractivity contribution in [3.8, 4) is 5.75 Å². The van der Waals surface area contributed by atoms with E-state index in [0.717, 1.165) is 0 Å². The van der Waals surface area contributed by atoms with E-state index in [0.29, 0.717) is 5.56 Å². The summed E-state index contributed by atoms with van der Waals surface area (Å²) in [6.07, 6.45) is -0.0168. The van der Waals surface area contributed by atoms with Gasteiger partial charge in [-0.15, -0.1) is 0 Å². The highest BCUT2D eigenvalue weighted by atomic mass is 19.1. The lowest BCUT2D eigenvalue weighted by atomic mass is 10.1. The fourth-order valence-electron chi connectivity index (χ4n) is 1.80. The number of benzene rings is 2. The number of aromatic hydroxyl groups is 1. The Morgan fingerprint density at radius 3 is 2.38 bits per heavy atom. The molecule has 0 spiro atoms. The summed E-state index contributed by atoms with van der Waals surface area (Å²) in [5.41, 5.74) is 0.319. The molecule has 0 bridgehead atoms. The zero-order chi connectivity index (χ0) is 15.4. The van der Waals surface area contributed by atoms with Gasteiger partial charge in [0.2, 0.25) is 5.91 Å². The molecule has 5 nitrogen and oxygen atoms in total. The maximum absolute atomic E-state index is 12.8. The molecule has 0 radical (unpaired) electrons. The predicted octanol–water partition coefficient (Wildman–Crippen LogP) is 2.41. The Morgan fingerprint density at radius 1 is 1.10 bits per heavy atom. The van der Waals surface area contributed by atoms with Crippen LogP contribution in [-0.4, -0.2) is 22.1 Å². The Hall–Kier alpha value is -2.89. The predicted molar refractivity (Wildman–Crippen MR) is 73.8 cm³/mol. The summed E-state index contributed by atoms with van der Waals surface area (Å²) in [5, 5.41) is 21.1. The number of carboxylic acids is 1. The van der Waals surface area contributed by atoms with Gasteiger partial charge >= 0.3 is 5.97 Å². The fraction of sp³-hybridized carbons (Fsp3) is 0.0667. The molecule has 2 aromatic carbocycles. The minimum Gasteiger partial charge on any atom is -0.505 e. The van der Waals surface area contributed by atoms with Gasteiger partial charge in [-0.1, -0.05) is 18.2 Å². The molecule has 21 heavy (non-hydrogen) atoms. The molecule has 0 aliphatic carbocycles. The molecule has 0 fully saturated rings. The normalized spacial score (nSPS) is 10.1. The first kappa shape index (κ1) is 14.5. The number of amides is 1. The number of carboxylic acid groups (broad SMARTS) is 1. The number of carbonyl (C=O) groups excluding carboxylic acids is 1. The monoisotopic (exact) mass is 289 g/mol. The molecule has 0 unspecified atom stereocenters. The van der Waals surface area contributed by atoms with Gasteiger partial charge in [-0.25, -0.2) is 9.18 Å². The third-order valence-corrected chi connectivity index (χ3v) is 2.82. The molecule has 3 N–H and O–H groups in total. The van der Waals surface area contributed by atoms with Gasteiger partial charge in [0.1, 0.15) is 11.4 Å². The van der Waals surface area contributed by atoms with E-state index in [1.807, 2.05) is 0 Å². The van der Waals surface area contributed by atoms with Crippen LogP contribution in [-0.2, 0) is 11.2 Å². The number of rotatable bonds is 4. The Bertz CT molecular complexity index is 683. The van der Waals surface area contributed by atoms with Gasteiger partial charge in [-0.3, -0.25) is 4.79 Å². The third-order valence-electron chi connectivity index (χ3n) is 2.82. The molecule has 6 heteroatoms. The second-order valence-electron chi connectivity index (χ2n) is 4.36. The number of hydrogen-bond donors (Lipinski definition) is 3. The molecule has 2 rings (SSSR count). The van der Waals surface area contributed by atoms with Gasteiger partial charge in [0.05, 0.1) is 12.1 Å². The van der Waals surface area contributed by atoms with Gasteiger partial charge in [0, 0.05) is 0 Å². The van der Waals surface area contributed by atoms with E-state index in [2.05, 4.69) is 5.32 Å². The zero-order valence-corrected chi connectivity index (χ0v) is 10.8. The molecule has 108 valence electrons. The van der Waals surface area contributed by atoms with Crippen molar-refractivity contribution < 1.29 is 24.2 Å². The average molecular weight is 289 g/mol. The number of phenols is 1. The molecule has 0 saturated heterocycles. The molecular weight excluding hydrogens is 277 g/mol. The summed E-state index contributed by atoms with van der Waals surface area (Å²) >= 11 is 0. The van der Waals surface area contributed by atoms with Crippen molar-refractivity contribution in [1.29, 1.82) is 0 Å². The number of carbonyl (C=O) groups is 2. The highest BCUT2D eigenvalue weighted by molar-refractivity contribution is 5.98. The van der Waals surface area contributed by atoms with Crippen LogP contribution >= 0.6 is 0 Å². The molecule has 0 atom stereocenters. The number of hydrogen-bond acceptors (Lipinski definition) is 3. The van der Waals surface area contributed by atoms with Crippen LogP contribution in [0, 0.1) is 5.82 Å². The van der Waals surface area contributed by atoms with Crippen LogP contribution in [0.25, 0.3) is 0 Å². The molecule has 1 amide bonds. The van der Waals surface area contributed by atoms with Gasteiger partial charge in [0.25, 0.3) is 0 Å². The molecule has 0 aromatic heterocycles. The van der Waals surface area contributed by atoms with Gasteiger partial charge < -0.3 is 15.5 Å². The standard InChI is InChI=1S/C15H12FNO4/c16-10-6-4-9(5-7-10)8-13(18)17-12-3-1-2-11(14(12)19)15(20)21/h1-7,19H,8H2,(H,17,18)(H,20,21). The summed E-state index contributed by atoms with van der Waals surface area (Å²) in [7, 11) is 0. The number of aromatic carboxylic acids is 1. The summed E-state index contributed by atoms with van der Waals surface area (Å²) in [6.45, 7) is 0. The number of anilines is 1. The summed E-state index contributed by atoms with van der Waals surface area (Å²) < 4.78 is 12.8. The lowest BCUT2D eigenvalue weighted by Gasteiger charge is -2.09. The maximum Gasteiger partial charge on any atom is 0.339 e. The van der Waals surface area contributed by atoms with Crippen LogP contribution in [0.15, 0.2) is 42.5 Å². The second-order valence-corrected chi connectivity index (χ2v) is 4.36. The molecular formula is C15H12FNO4. The number of halogens is 1. The summed E-state index contributed by atoms with van der Waals surface area (Å²) in [6, 6.07) is 9.47. The van der Waals surface area contributed by atoms with Crippen LogP contribution in [0.5, 0.6) is 5.75 Å². The average Bonchev–Trinajstić information content (AvgIpc) is 2.43. The van der Waals surface area contributed by atoms with Gasteiger partial charge in [-0.2, -0.15) is 0 Å². The van der Waals surface area contributed by atoms with Crippen molar-refractivity contribution in [2.45, 2.75) is 6.42 Å². The molecule has 0 saturated carbocycles. The van der Waals surface area contributed by atoms with Crippen LogP contribution in [0.3, 0.4) is 0 Å². The Morgan fingerprint density at radius 2 is 1.76 bits per heavy atom. The van der Waals surface area contributed by atoms with Crippen LogP contribution < -0.4 is 5.32 Å². The van der Waals surface area contributed by atoms with Crippen LogP contribution in [0.2, 0.25) is 0 Å². The number of nitrogens with one attached hydrogen (secondary N) is 1. The molecule has 0 aliphatic heterocycles. The van der Waals surface area contributed by atoms with E-state index in [9.17, 15) is 19.1 Å². The van der Waals surface area contributed by atoms with E-state index < -0.39 is 23.4 Å². The van der Waals surface area contributed by atoms with Crippen LogP contribution in [0.1, 0.15) is 15.9 Å². The minimum absolute atomic E-state index is 0.0158. The largest absolute Gasteiger partial charge is 0.505 e. The Labute approximate surface area is 119 Å². The molecule has 2 aromatic rings. The fourth-order valence-corrected chi connectivity index (χ4v) is 1.80.